The normalized spacial score (nSPS) is 18.1. The van der Waals surface area contributed by atoms with Crippen molar-refractivity contribution < 1.29 is 22.7 Å². The fourth-order valence-electron chi connectivity index (χ4n) is 4.60. The van der Waals surface area contributed by atoms with Gasteiger partial charge in [0.15, 0.2) is 0 Å². The van der Waals surface area contributed by atoms with Crippen molar-refractivity contribution in [1.82, 2.24) is 4.90 Å². The Balaban J connectivity index is 1.69. The van der Waals surface area contributed by atoms with Crippen LogP contribution in [-0.4, -0.2) is 17.0 Å². The highest BCUT2D eigenvalue weighted by atomic mass is 35.5. The lowest BCUT2D eigenvalue weighted by molar-refractivity contribution is -0.137. The number of rotatable bonds is 5. The predicted molar refractivity (Wildman–Crippen MR) is 136 cm³/mol. The molecule has 2 atom stereocenters. The van der Waals surface area contributed by atoms with Crippen LogP contribution < -0.4 is 5.73 Å². The second-order valence-corrected chi connectivity index (χ2v) is 10.0. The lowest BCUT2D eigenvalue weighted by Gasteiger charge is -2.23. The Morgan fingerprint density at radius 1 is 1.06 bits per heavy atom. The monoisotopic (exact) mass is 516 g/mol. The maximum Gasteiger partial charge on any atom is 0.416 e. The van der Waals surface area contributed by atoms with Crippen LogP contribution in [0, 0.1) is 6.92 Å². The van der Waals surface area contributed by atoms with Gasteiger partial charge in [0.25, 0.3) is 0 Å². The third-order valence-corrected chi connectivity index (χ3v) is 6.89. The van der Waals surface area contributed by atoms with Gasteiger partial charge in [-0.2, -0.15) is 13.2 Å². The van der Waals surface area contributed by atoms with Crippen LogP contribution in [0.2, 0.25) is 5.02 Å². The third kappa shape index (κ3) is 5.16. The van der Waals surface area contributed by atoms with Crippen molar-refractivity contribution in [3.05, 3.63) is 87.4 Å². The van der Waals surface area contributed by atoms with E-state index in [1.165, 1.54) is 4.90 Å². The minimum atomic E-state index is -4.49. The summed E-state index contributed by atoms with van der Waals surface area (Å²) >= 11 is 6.56. The Hall–Kier alpha value is -3.19. The zero-order chi connectivity index (χ0) is 26.4. The molecule has 1 saturated heterocycles. The Kier molecular flexibility index (Phi) is 6.97. The van der Waals surface area contributed by atoms with Crippen LogP contribution in [0.15, 0.2) is 54.6 Å². The third-order valence-electron chi connectivity index (χ3n) is 6.56. The van der Waals surface area contributed by atoms with Gasteiger partial charge in [0.1, 0.15) is 6.10 Å². The molecule has 0 spiro atoms. The molecule has 1 amide bonds. The molecule has 0 aromatic heterocycles. The molecule has 1 aliphatic rings. The van der Waals surface area contributed by atoms with E-state index in [-0.39, 0.29) is 6.54 Å². The Bertz CT molecular complexity index is 1310. The highest BCUT2D eigenvalue weighted by Crippen LogP contribution is 2.40. The van der Waals surface area contributed by atoms with E-state index < -0.39 is 30.0 Å². The number of nitrogens with zero attached hydrogens (tertiary/aromatic N) is 1. The van der Waals surface area contributed by atoms with Crippen molar-refractivity contribution in [2.75, 3.05) is 5.73 Å². The van der Waals surface area contributed by atoms with Gasteiger partial charge in [-0.25, -0.2) is 4.79 Å². The van der Waals surface area contributed by atoms with Gasteiger partial charge >= 0.3 is 12.3 Å². The number of aryl methyl sites for hydroxylation is 1. The largest absolute Gasteiger partial charge is 0.439 e. The molecule has 4 rings (SSSR count). The molecule has 1 unspecified atom stereocenters. The van der Waals surface area contributed by atoms with Crippen LogP contribution in [0.3, 0.4) is 0 Å². The lowest BCUT2D eigenvalue weighted by Crippen LogP contribution is -2.31. The number of carbonyl (C=O) groups is 1. The van der Waals surface area contributed by atoms with Crippen molar-refractivity contribution in [2.24, 2.45) is 0 Å². The van der Waals surface area contributed by atoms with Crippen molar-refractivity contribution >= 4 is 23.4 Å². The SMILES string of the molecule is Cc1cc(C2OC(=O)N(Cc3cc(N)ccc3-c3cc(C(C)C)ccc3Cl)[C@H]2C)cc(C(F)(F)F)c1. The van der Waals surface area contributed by atoms with E-state index in [1.54, 1.807) is 32.0 Å². The van der Waals surface area contributed by atoms with E-state index in [9.17, 15) is 18.0 Å². The van der Waals surface area contributed by atoms with Gasteiger partial charge in [-0.15, -0.1) is 0 Å². The molecule has 8 heteroatoms. The number of anilines is 1. The Morgan fingerprint density at radius 3 is 2.44 bits per heavy atom. The maximum atomic E-state index is 13.4. The molecular weight excluding hydrogens is 489 g/mol. The van der Waals surface area contributed by atoms with E-state index in [2.05, 4.69) is 13.8 Å². The first kappa shape index (κ1) is 25.9. The van der Waals surface area contributed by atoms with Gasteiger partial charge in [0.05, 0.1) is 18.2 Å². The lowest BCUT2D eigenvalue weighted by atomic mass is 9.93. The van der Waals surface area contributed by atoms with Crippen LogP contribution in [0.4, 0.5) is 23.7 Å². The minimum absolute atomic E-state index is 0.164. The van der Waals surface area contributed by atoms with E-state index in [0.717, 1.165) is 34.4 Å². The number of nitrogens with two attached hydrogens (primary N) is 1. The fourth-order valence-corrected chi connectivity index (χ4v) is 4.82. The molecule has 190 valence electrons. The molecule has 1 heterocycles. The fraction of sp³-hybridized carbons (Fsp3) is 0.321. The first-order chi connectivity index (χ1) is 16.8. The van der Waals surface area contributed by atoms with Crippen LogP contribution in [0.5, 0.6) is 0 Å². The van der Waals surface area contributed by atoms with Gasteiger partial charge in [-0.05, 0) is 78.4 Å². The van der Waals surface area contributed by atoms with Crippen LogP contribution in [-0.2, 0) is 17.5 Å². The van der Waals surface area contributed by atoms with Crippen molar-refractivity contribution in [3.63, 3.8) is 0 Å². The standard InChI is InChI=1S/C28H28ClF3N2O2/c1-15(2)18-5-8-25(29)24(13-18)23-7-6-22(33)12-20(23)14-34-17(4)26(36-27(34)35)19-9-16(3)10-21(11-19)28(30,31)32/h5-13,15,17,26H,14,33H2,1-4H3/t17-,26?/m0/s1. The quantitative estimate of drug-likeness (QED) is 0.348. The molecule has 36 heavy (non-hydrogen) atoms. The molecular formula is C28H28ClF3N2O2. The number of amides is 1. The number of cyclic esters (lactones) is 1. The van der Waals surface area contributed by atoms with E-state index in [1.807, 2.05) is 24.3 Å². The smallest absolute Gasteiger partial charge is 0.416 e. The molecule has 1 aliphatic heterocycles. The Morgan fingerprint density at radius 2 is 1.78 bits per heavy atom. The number of hydrogen-bond donors (Lipinski definition) is 1. The number of benzene rings is 3. The van der Waals surface area contributed by atoms with Gasteiger partial charge in [-0.3, -0.25) is 4.90 Å². The van der Waals surface area contributed by atoms with E-state index >= 15 is 0 Å². The van der Waals surface area contributed by atoms with Gasteiger partial charge < -0.3 is 10.5 Å². The molecule has 0 bridgehead atoms. The highest BCUT2D eigenvalue weighted by Gasteiger charge is 2.41. The summed E-state index contributed by atoms with van der Waals surface area (Å²) in [5.74, 6) is 0.295. The van der Waals surface area contributed by atoms with Crippen molar-refractivity contribution in [3.8, 4) is 11.1 Å². The molecule has 4 nitrogen and oxygen atoms in total. The minimum Gasteiger partial charge on any atom is -0.439 e. The average Bonchev–Trinajstić information content (AvgIpc) is 3.07. The van der Waals surface area contributed by atoms with Gasteiger partial charge in [0.2, 0.25) is 0 Å². The summed E-state index contributed by atoms with van der Waals surface area (Å²) in [6, 6.07) is 14.5. The summed E-state index contributed by atoms with van der Waals surface area (Å²) in [6.45, 7) is 7.70. The molecule has 0 radical (unpaired) electrons. The van der Waals surface area contributed by atoms with Crippen LogP contribution in [0.25, 0.3) is 11.1 Å². The zero-order valence-corrected chi connectivity index (χ0v) is 21.2. The van der Waals surface area contributed by atoms with Crippen molar-refractivity contribution in [2.45, 2.75) is 58.5 Å². The van der Waals surface area contributed by atoms with E-state index in [4.69, 9.17) is 22.1 Å². The predicted octanol–water partition coefficient (Wildman–Crippen LogP) is 8.12. The summed E-state index contributed by atoms with van der Waals surface area (Å²) in [5.41, 5.74) is 10.1. The number of hydrogen-bond acceptors (Lipinski definition) is 3. The second kappa shape index (κ2) is 9.69. The Labute approximate surface area is 213 Å². The van der Waals surface area contributed by atoms with Gasteiger partial charge in [-0.1, -0.05) is 49.2 Å². The summed E-state index contributed by atoms with van der Waals surface area (Å²) in [6.07, 6.45) is -5.93. The molecule has 2 N–H and O–H groups in total. The van der Waals surface area contributed by atoms with Crippen LogP contribution in [0.1, 0.15) is 60.6 Å². The van der Waals surface area contributed by atoms with E-state index in [0.29, 0.717) is 27.8 Å². The highest BCUT2D eigenvalue weighted by molar-refractivity contribution is 6.33. The number of halogens is 4. The molecule has 3 aromatic rings. The number of nitrogen functional groups attached to an aromatic ring is 1. The zero-order valence-electron chi connectivity index (χ0n) is 20.5. The second-order valence-electron chi connectivity index (χ2n) is 9.61. The topological polar surface area (TPSA) is 55.6 Å². The number of carbonyl (C=O) groups excluding carboxylic acids is 1. The molecule has 1 fully saturated rings. The number of ether oxygens (including phenoxy) is 1. The molecule has 3 aromatic carbocycles. The summed E-state index contributed by atoms with van der Waals surface area (Å²) < 4.78 is 45.7. The van der Waals surface area contributed by atoms with Gasteiger partial charge in [0, 0.05) is 16.3 Å². The van der Waals surface area contributed by atoms with Crippen LogP contribution >= 0.6 is 11.6 Å². The number of alkyl halides is 3. The summed E-state index contributed by atoms with van der Waals surface area (Å²) in [5, 5.41) is 0.569. The average molecular weight is 517 g/mol. The summed E-state index contributed by atoms with van der Waals surface area (Å²) in [7, 11) is 0. The maximum absolute atomic E-state index is 13.4. The van der Waals surface area contributed by atoms with Crippen molar-refractivity contribution in [1.29, 1.82) is 0 Å². The first-order valence-electron chi connectivity index (χ1n) is 11.7. The molecule has 0 saturated carbocycles. The first-order valence-corrected chi connectivity index (χ1v) is 12.1. The summed E-state index contributed by atoms with van der Waals surface area (Å²) in [4.78, 5) is 14.4. The molecule has 0 aliphatic carbocycles.